The van der Waals surface area contributed by atoms with Gasteiger partial charge in [-0.3, -0.25) is 4.79 Å². The molecule has 1 aliphatic rings. The highest BCUT2D eigenvalue weighted by Gasteiger charge is 2.30. The van der Waals surface area contributed by atoms with Gasteiger partial charge in [0.25, 0.3) is 5.91 Å². The number of hydrogen-bond acceptors (Lipinski definition) is 7. The molecule has 0 atom stereocenters. The zero-order chi connectivity index (χ0) is 28.9. The van der Waals surface area contributed by atoms with Crippen molar-refractivity contribution in [2.24, 2.45) is 0 Å². The van der Waals surface area contributed by atoms with E-state index < -0.39 is 0 Å². The predicted molar refractivity (Wildman–Crippen MR) is 157 cm³/mol. The molecule has 1 fully saturated rings. The molecule has 0 unspecified atom stereocenters. The van der Waals surface area contributed by atoms with E-state index in [0.29, 0.717) is 66.8 Å². The number of allylic oxidation sites excluding steroid dienone is 2. The first-order chi connectivity index (χ1) is 18.7. The average molecular weight is 542 g/mol. The third-order valence-corrected chi connectivity index (χ3v) is 6.88. The van der Waals surface area contributed by atoms with Crippen LogP contribution >= 0.6 is 0 Å². The fourth-order valence-corrected chi connectivity index (χ4v) is 4.06. The number of ether oxygens (including phenoxy) is 2. The Kier molecular flexibility index (Phi) is 13.4. The number of rotatable bonds is 17. The van der Waals surface area contributed by atoms with Crippen LogP contribution in [0.4, 0.5) is 0 Å². The number of aliphatic hydroxyl groups excluding tert-OH is 1. The van der Waals surface area contributed by atoms with Gasteiger partial charge in [0.15, 0.2) is 0 Å². The first kappa shape index (κ1) is 32.3. The van der Waals surface area contributed by atoms with Crippen molar-refractivity contribution in [1.29, 1.82) is 5.41 Å². The lowest BCUT2D eigenvalue weighted by Gasteiger charge is -2.38. The van der Waals surface area contributed by atoms with Crippen molar-refractivity contribution in [2.75, 3.05) is 32.9 Å². The minimum absolute atomic E-state index is 0.114. The minimum Gasteiger partial charge on any atom is -0.493 e. The molecule has 39 heavy (non-hydrogen) atoms. The molecule has 0 spiro atoms. The molecule has 1 amide bonds. The summed E-state index contributed by atoms with van der Waals surface area (Å²) in [7, 11) is 0. The van der Waals surface area contributed by atoms with Gasteiger partial charge in [0.05, 0.1) is 31.5 Å². The Morgan fingerprint density at radius 2 is 1.87 bits per heavy atom. The van der Waals surface area contributed by atoms with Gasteiger partial charge in [0.1, 0.15) is 11.5 Å². The monoisotopic (exact) mass is 541 g/mol. The Balaban J connectivity index is 2.24. The van der Waals surface area contributed by atoms with Gasteiger partial charge < -0.3 is 30.1 Å². The molecule has 2 rings (SSSR count). The van der Waals surface area contributed by atoms with Crippen LogP contribution in [-0.4, -0.2) is 60.8 Å². The van der Waals surface area contributed by atoms with Crippen molar-refractivity contribution in [2.45, 2.75) is 79.8 Å². The van der Waals surface area contributed by atoms with Crippen molar-refractivity contribution in [3.05, 3.63) is 52.6 Å². The predicted octanol–water partition coefficient (Wildman–Crippen LogP) is 5.87. The molecule has 8 heteroatoms. The highest BCUT2D eigenvalue weighted by atomic mass is 16.7. The second-order valence-corrected chi connectivity index (χ2v) is 9.87. The maximum Gasteiger partial charge on any atom is 0.251 e. The Labute approximate surface area is 234 Å². The van der Waals surface area contributed by atoms with Gasteiger partial charge in [-0.05, 0) is 82.7 Å². The smallest absolute Gasteiger partial charge is 0.251 e. The van der Waals surface area contributed by atoms with Crippen LogP contribution < -0.4 is 10.1 Å². The van der Waals surface area contributed by atoms with E-state index >= 15 is 0 Å². The molecule has 0 saturated carbocycles. The summed E-state index contributed by atoms with van der Waals surface area (Å²) in [6.07, 6.45) is 3.94. The fraction of sp³-hybridized carbons (Fsp3) is 0.548. The summed E-state index contributed by atoms with van der Waals surface area (Å²) in [4.78, 5) is 19.3. The average Bonchev–Trinajstić information content (AvgIpc) is 2.91. The van der Waals surface area contributed by atoms with Crippen molar-refractivity contribution in [3.63, 3.8) is 0 Å². The number of nitrogens with one attached hydrogen (secondary N) is 2. The summed E-state index contributed by atoms with van der Waals surface area (Å²) in [6.45, 7) is 18.3. The molecule has 0 aromatic heterocycles. The number of carbonyl (C=O) groups excluding carboxylic acids is 1. The van der Waals surface area contributed by atoms with Gasteiger partial charge >= 0.3 is 0 Å². The number of amides is 1. The molecular weight excluding hydrogens is 494 g/mol. The summed E-state index contributed by atoms with van der Waals surface area (Å²) in [5.74, 6) is 0.928. The van der Waals surface area contributed by atoms with Gasteiger partial charge in [-0.1, -0.05) is 26.8 Å². The molecule has 0 aliphatic carbocycles. The zero-order valence-electron chi connectivity index (χ0n) is 24.6. The van der Waals surface area contributed by atoms with Gasteiger partial charge in [-0.25, -0.2) is 0 Å². The molecule has 0 bridgehead atoms. The normalized spacial score (nSPS) is 15.2. The summed E-state index contributed by atoms with van der Waals surface area (Å²) in [6, 6.07) is 5.73. The molecule has 8 nitrogen and oxygen atoms in total. The molecule has 216 valence electrons. The summed E-state index contributed by atoms with van der Waals surface area (Å²) in [5.41, 5.74) is 4.95. The maximum atomic E-state index is 13.3. The van der Waals surface area contributed by atoms with E-state index in [9.17, 15) is 4.79 Å². The number of hydrogen-bond donors (Lipinski definition) is 3. The van der Waals surface area contributed by atoms with Crippen LogP contribution in [0.3, 0.4) is 0 Å². The quantitative estimate of drug-likeness (QED) is 0.0986. The first-order valence-electron chi connectivity index (χ1n) is 14.0. The lowest BCUT2D eigenvalue weighted by atomic mass is 9.99. The van der Waals surface area contributed by atoms with Crippen LogP contribution in [0.2, 0.25) is 0 Å². The van der Waals surface area contributed by atoms with Gasteiger partial charge in [0, 0.05) is 35.6 Å². The van der Waals surface area contributed by atoms with E-state index in [-0.39, 0.29) is 18.6 Å². The van der Waals surface area contributed by atoms with Gasteiger partial charge in [-0.2, -0.15) is 0 Å². The molecule has 0 radical (unpaired) electrons. The van der Waals surface area contributed by atoms with Crippen LogP contribution in [0.1, 0.15) is 84.8 Å². The summed E-state index contributed by atoms with van der Waals surface area (Å²) in [5, 5.41) is 22.1. The SMILES string of the molecule is C=C(ON1CC(OCCCCO)C1)c1ccc(OCC)c(C(NC(=O)/C(C)=C(\C)C(=N)CCC)=C(C)CC)c1. The Morgan fingerprint density at radius 3 is 2.49 bits per heavy atom. The number of nitrogens with zero attached hydrogens (tertiary/aromatic N) is 1. The fourth-order valence-electron chi connectivity index (χ4n) is 4.06. The van der Waals surface area contributed by atoms with E-state index in [1.165, 1.54) is 0 Å². The lowest BCUT2D eigenvalue weighted by Crippen LogP contribution is -2.51. The van der Waals surface area contributed by atoms with E-state index in [2.05, 4.69) is 11.9 Å². The van der Waals surface area contributed by atoms with Crippen LogP contribution in [0.5, 0.6) is 5.75 Å². The number of benzene rings is 1. The summed E-state index contributed by atoms with van der Waals surface area (Å²) < 4.78 is 11.7. The summed E-state index contributed by atoms with van der Waals surface area (Å²) >= 11 is 0. The number of hydroxylamine groups is 2. The van der Waals surface area contributed by atoms with Gasteiger partial charge in [0.2, 0.25) is 0 Å². The second-order valence-electron chi connectivity index (χ2n) is 9.87. The van der Waals surface area contributed by atoms with Crippen LogP contribution in [0.25, 0.3) is 11.5 Å². The first-order valence-corrected chi connectivity index (χ1v) is 14.0. The number of carbonyl (C=O) groups is 1. The molecular formula is C31H47N3O5. The largest absolute Gasteiger partial charge is 0.493 e. The van der Waals surface area contributed by atoms with Crippen molar-refractivity contribution >= 4 is 23.1 Å². The van der Waals surface area contributed by atoms with Crippen LogP contribution in [0, 0.1) is 5.41 Å². The van der Waals surface area contributed by atoms with E-state index in [4.69, 9.17) is 24.8 Å². The third kappa shape index (κ3) is 9.34. The Hall–Kier alpha value is -2.94. The van der Waals surface area contributed by atoms with Crippen molar-refractivity contribution in [1.82, 2.24) is 10.4 Å². The third-order valence-electron chi connectivity index (χ3n) is 6.88. The second kappa shape index (κ2) is 16.2. The lowest BCUT2D eigenvalue weighted by molar-refractivity contribution is -0.201. The Morgan fingerprint density at radius 1 is 1.15 bits per heavy atom. The van der Waals surface area contributed by atoms with E-state index in [0.717, 1.165) is 42.4 Å². The number of unbranched alkanes of at least 4 members (excludes halogenated alkanes) is 1. The standard InChI is InChI=1S/C31H47N3O5/c1-8-13-28(32)22(5)23(6)31(36)33-30(21(4)9-2)27-18-25(14-15-29(27)37-10-3)24(7)39-34-19-26(20-34)38-17-12-11-16-35/h14-15,18,26,32,35H,7-13,16-17,19-20H2,1-6H3,(H,33,36)/b23-22+,30-21?,32-28?. The number of aliphatic hydroxyl groups is 1. The van der Waals surface area contributed by atoms with Gasteiger partial charge in [-0.15, -0.1) is 5.06 Å². The molecule has 1 aromatic carbocycles. The van der Waals surface area contributed by atoms with E-state index in [1.54, 1.807) is 6.92 Å². The topological polar surface area (TPSA) is 104 Å². The van der Waals surface area contributed by atoms with Crippen LogP contribution in [0.15, 0.2) is 41.5 Å². The van der Waals surface area contributed by atoms with Crippen molar-refractivity contribution < 1.29 is 24.2 Å². The van der Waals surface area contributed by atoms with E-state index in [1.807, 2.05) is 57.9 Å². The maximum absolute atomic E-state index is 13.3. The molecule has 1 aromatic rings. The highest BCUT2D eigenvalue weighted by molar-refractivity contribution is 6.08. The molecule has 1 saturated heterocycles. The zero-order valence-corrected chi connectivity index (χ0v) is 24.6. The highest BCUT2D eigenvalue weighted by Crippen LogP contribution is 2.32. The molecule has 3 N–H and O–H groups in total. The Bertz CT molecular complexity index is 1070. The van der Waals surface area contributed by atoms with Crippen LogP contribution in [-0.2, 0) is 14.4 Å². The molecule has 1 heterocycles. The molecule has 1 aliphatic heterocycles. The minimum atomic E-state index is -0.232. The van der Waals surface area contributed by atoms with Crippen molar-refractivity contribution in [3.8, 4) is 5.75 Å².